The highest BCUT2D eigenvalue weighted by Crippen LogP contribution is 2.34. The van der Waals surface area contributed by atoms with Gasteiger partial charge in [0.2, 0.25) is 0 Å². The van der Waals surface area contributed by atoms with E-state index in [0.717, 1.165) is 25.5 Å². The zero-order valence-corrected chi connectivity index (χ0v) is 7.75. The summed E-state index contributed by atoms with van der Waals surface area (Å²) in [4.78, 5) is 10.2. The first-order chi connectivity index (χ1) is 5.66. The third-order valence-corrected chi connectivity index (χ3v) is 2.80. The van der Waals surface area contributed by atoms with E-state index >= 15 is 0 Å². The van der Waals surface area contributed by atoms with Gasteiger partial charge in [-0.15, -0.1) is 0 Å². The van der Waals surface area contributed by atoms with Gasteiger partial charge in [-0.25, -0.2) is 0 Å². The Labute approximate surface area is 74.0 Å². The molecular weight excluding hydrogens is 152 g/mol. The maximum Gasteiger partial charge on any atom is 0.120 e. The van der Waals surface area contributed by atoms with Crippen LogP contribution in [0.2, 0.25) is 0 Å². The Morgan fingerprint density at radius 1 is 1.67 bits per heavy atom. The van der Waals surface area contributed by atoms with Crippen LogP contribution in [0.4, 0.5) is 0 Å². The molecule has 1 saturated carbocycles. The molecule has 12 heavy (non-hydrogen) atoms. The molecule has 70 valence electrons. The average molecular weight is 170 g/mol. The van der Waals surface area contributed by atoms with Gasteiger partial charge in [-0.05, 0) is 25.2 Å². The molecule has 0 aromatic carbocycles. The maximum absolute atomic E-state index is 10.2. The summed E-state index contributed by atoms with van der Waals surface area (Å²) >= 11 is 0. The van der Waals surface area contributed by atoms with E-state index in [9.17, 15) is 9.90 Å². The number of hydrogen-bond acceptors (Lipinski definition) is 2. The quantitative estimate of drug-likeness (QED) is 0.657. The summed E-state index contributed by atoms with van der Waals surface area (Å²) in [5.41, 5.74) is -0.529. The van der Waals surface area contributed by atoms with Crippen LogP contribution < -0.4 is 0 Å². The van der Waals surface area contributed by atoms with Gasteiger partial charge in [0.15, 0.2) is 0 Å². The Bertz CT molecular complexity index is 156. The molecule has 1 fully saturated rings. The van der Waals surface area contributed by atoms with Gasteiger partial charge in [0.1, 0.15) is 6.29 Å². The van der Waals surface area contributed by atoms with Crippen LogP contribution in [0, 0.1) is 5.92 Å². The summed E-state index contributed by atoms with van der Waals surface area (Å²) in [6.45, 7) is 2.17. The Morgan fingerprint density at radius 2 is 2.42 bits per heavy atom. The number of rotatable bonds is 3. The zero-order valence-electron chi connectivity index (χ0n) is 7.75. The van der Waals surface area contributed by atoms with Gasteiger partial charge in [0, 0.05) is 6.42 Å². The van der Waals surface area contributed by atoms with E-state index in [-0.39, 0.29) is 0 Å². The van der Waals surface area contributed by atoms with Crippen molar-refractivity contribution >= 4 is 6.29 Å². The van der Waals surface area contributed by atoms with Gasteiger partial charge in [0.05, 0.1) is 5.60 Å². The molecule has 0 aromatic rings. The highest BCUT2D eigenvalue weighted by Gasteiger charge is 2.31. The number of carbonyl (C=O) groups is 1. The largest absolute Gasteiger partial charge is 0.390 e. The van der Waals surface area contributed by atoms with Crippen molar-refractivity contribution in [1.82, 2.24) is 0 Å². The summed E-state index contributed by atoms with van der Waals surface area (Å²) in [5, 5.41) is 10.0. The molecule has 0 bridgehead atoms. The summed E-state index contributed by atoms with van der Waals surface area (Å²) in [7, 11) is 0. The van der Waals surface area contributed by atoms with Gasteiger partial charge in [-0.3, -0.25) is 0 Å². The number of carbonyl (C=O) groups excluding carboxylic acids is 1. The van der Waals surface area contributed by atoms with Gasteiger partial charge in [-0.2, -0.15) is 0 Å². The minimum Gasteiger partial charge on any atom is -0.390 e. The third-order valence-electron chi connectivity index (χ3n) is 2.80. The molecule has 1 aliphatic carbocycles. The molecule has 1 rings (SSSR count). The second-order valence-corrected chi connectivity index (χ2v) is 4.13. The smallest absolute Gasteiger partial charge is 0.120 e. The lowest BCUT2D eigenvalue weighted by Gasteiger charge is -2.35. The van der Waals surface area contributed by atoms with Gasteiger partial charge in [0.25, 0.3) is 0 Å². The maximum atomic E-state index is 10.2. The lowest BCUT2D eigenvalue weighted by molar-refractivity contribution is -0.109. The third kappa shape index (κ3) is 2.59. The molecule has 1 N–H and O–H groups in total. The molecule has 0 amide bonds. The fourth-order valence-electron chi connectivity index (χ4n) is 2.19. The SMILES string of the molecule is CC1CCCC(O)(CCC=O)C1. The summed E-state index contributed by atoms with van der Waals surface area (Å²) in [6.07, 6.45) is 6.15. The standard InChI is InChI=1S/C10H18O2/c1-9-4-2-5-10(12,8-9)6-3-7-11/h7,9,12H,2-6,8H2,1H3. The van der Waals surface area contributed by atoms with Crippen molar-refractivity contribution in [3.05, 3.63) is 0 Å². The van der Waals surface area contributed by atoms with Crippen LogP contribution in [0.5, 0.6) is 0 Å². The van der Waals surface area contributed by atoms with Crippen molar-refractivity contribution in [2.24, 2.45) is 5.92 Å². The molecule has 2 atom stereocenters. The molecule has 0 spiro atoms. The predicted molar refractivity (Wildman–Crippen MR) is 47.9 cm³/mol. The topological polar surface area (TPSA) is 37.3 Å². The first-order valence-electron chi connectivity index (χ1n) is 4.82. The fraction of sp³-hybridized carbons (Fsp3) is 0.900. The highest BCUT2D eigenvalue weighted by atomic mass is 16.3. The lowest BCUT2D eigenvalue weighted by atomic mass is 9.77. The van der Waals surface area contributed by atoms with Gasteiger partial charge < -0.3 is 9.90 Å². The second-order valence-electron chi connectivity index (χ2n) is 4.13. The highest BCUT2D eigenvalue weighted by molar-refractivity contribution is 5.49. The minimum atomic E-state index is -0.529. The first kappa shape index (κ1) is 9.72. The van der Waals surface area contributed by atoms with E-state index < -0.39 is 5.60 Å². The molecule has 0 aliphatic heterocycles. The van der Waals surface area contributed by atoms with Crippen LogP contribution in [-0.2, 0) is 4.79 Å². The van der Waals surface area contributed by atoms with E-state index in [2.05, 4.69) is 6.92 Å². The average Bonchev–Trinajstić information content (AvgIpc) is 2.01. The molecule has 0 saturated heterocycles. The number of aldehydes is 1. The van der Waals surface area contributed by atoms with E-state index in [1.165, 1.54) is 6.42 Å². The van der Waals surface area contributed by atoms with Crippen molar-refractivity contribution in [2.45, 2.75) is 51.0 Å². The Balaban J connectivity index is 2.39. The normalized spacial score (nSPS) is 36.3. The molecule has 0 aromatic heterocycles. The van der Waals surface area contributed by atoms with Crippen molar-refractivity contribution in [3.8, 4) is 0 Å². The van der Waals surface area contributed by atoms with Gasteiger partial charge in [-0.1, -0.05) is 19.8 Å². The van der Waals surface area contributed by atoms with E-state index in [1.807, 2.05) is 0 Å². The van der Waals surface area contributed by atoms with Crippen molar-refractivity contribution in [3.63, 3.8) is 0 Å². The fourth-order valence-corrected chi connectivity index (χ4v) is 2.19. The molecular formula is C10H18O2. The van der Waals surface area contributed by atoms with Crippen molar-refractivity contribution < 1.29 is 9.90 Å². The Kier molecular flexibility index (Phi) is 3.27. The molecule has 2 unspecified atom stereocenters. The van der Waals surface area contributed by atoms with Crippen LogP contribution in [0.1, 0.15) is 45.4 Å². The Hall–Kier alpha value is -0.370. The monoisotopic (exact) mass is 170 g/mol. The first-order valence-corrected chi connectivity index (χ1v) is 4.82. The predicted octanol–water partition coefficient (Wildman–Crippen LogP) is 1.91. The summed E-state index contributed by atoms with van der Waals surface area (Å²) in [5.74, 6) is 0.621. The summed E-state index contributed by atoms with van der Waals surface area (Å²) < 4.78 is 0. The van der Waals surface area contributed by atoms with Crippen LogP contribution in [-0.4, -0.2) is 17.0 Å². The lowest BCUT2D eigenvalue weighted by Crippen LogP contribution is -2.34. The van der Waals surface area contributed by atoms with Crippen LogP contribution in [0.3, 0.4) is 0 Å². The molecule has 0 heterocycles. The summed E-state index contributed by atoms with van der Waals surface area (Å²) in [6, 6.07) is 0. The number of aliphatic hydroxyl groups is 1. The zero-order chi connectivity index (χ0) is 9.03. The van der Waals surface area contributed by atoms with E-state index in [4.69, 9.17) is 0 Å². The Morgan fingerprint density at radius 3 is 3.00 bits per heavy atom. The molecule has 2 heteroatoms. The molecule has 2 nitrogen and oxygen atoms in total. The second kappa shape index (κ2) is 4.04. The molecule has 0 radical (unpaired) electrons. The van der Waals surface area contributed by atoms with Gasteiger partial charge >= 0.3 is 0 Å². The van der Waals surface area contributed by atoms with Crippen LogP contribution >= 0.6 is 0 Å². The van der Waals surface area contributed by atoms with Crippen molar-refractivity contribution in [1.29, 1.82) is 0 Å². The molecule has 1 aliphatic rings. The van der Waals surface area contributed by atoms with Crippen LogP contribution in [0.25, 0.3) is 0 Å². The van der Waals surface area contributed by atoms with Crippen molar-refractivity contribution in [2.75, 3.05) is 0 Å². The van der Waals surface area contributed by atoms with E-state index in [0.29, 0.717) is 18.8 Å². The number of hydrogen-bond donors (Lipinski definition) is 1. The minimum absolute atomic E-state index is 0.503. The van der Waals surface area contributed by atoms with Crippen LogP contribution in [0.15, 0.2) is 0 Å². The van der Waals surface area contributed by atoms with E-state index in [1.54, 1.807) is 0 Å².